The van der Waals surface area contributed by atoms with Gasteiger partial charge in [-0.15, -0.1) is 15.0 Å². The highest BCUT2D eigenvalue weighted by atomic mass is 16.5. The van der Waals surface area contributed by atoms with Crippen molar-refractivity contribution in [3.63, 3.8) is 0 Å². The number of carbonyl (C=O) groups is 1. The van der Waals surface area contributed by atoms with Crippen molar-refractivity contribution in [3.8, 4) is 22.9 Å². The van der Waals surface area contributed by atoms with Crippen LogP contribution in [0.1, 0.15) is 17.2 Å². The number of aryl methyl sites for hydroxylation is 1. The lowest BCUT2D eigenvalue weighted by molar-refractivity contribution is -0.118. The number of nitrogens with zero attached hydrogens (tertiary/aromatic N) is 4. The number of ether oxygens (including phenoxy) is 2. The molecule has 0 saturated heterocycles. The maximum Gasteiger partial charge on any atom is 0.255 e. The number of carbonyl (C=O) groups excluding carboxylic acids is 1. The first-order chi connectivity index (χ1) is 15.6. The number of anilines is 1. The van der Waals surface area contributed by atoms with Crippen molar-refractivity contribution in [2.45, 2.75) is 13.0 Å². The molecule has 1 atom stereocenters. The van der Waals surface area contributed by atoms with E-state index in [-0.39, 0.29) is 5.91 Å². The van der Waals surface area contributed by atoms with Crippen LogP contribution in [-0.2, 0) is 4.79 Å². The molecule has 1 aromatic heterocycles. The molecule has 1 amide bonds. The summed E-state index contributed by atoms with van der Waals surface area (Å²) in [4.78, 5) is 14.7. The molecule has 3 aromatic carbocycles. The normalized spacial score (nSPS) is 11.6. The van der Waals surface area contributed by atoms with Crippen LogP contribution in [0.4, 0.5) is 5.69 Å². The molecule has 0 saturated carbocycles. The van der Waals surface area contributed by atoms with Crippen molar-refractivity contribution < 1.29 is 14.3 Å². The quantitative estimate of drug-likeness (QED) is 0.479. The summed E-state index contributed by atoms with van der Waals surface area (Å²) in [6.07, 6.45) is 0. The van der Waals surface area contributed by atoms with E-state index in [0.29, 0.717) is 23.0 Å². The van der Waals surface area contributed by atoms with Crippen LogP contribution in [0.15, 0.2) is 72.8 Å². The third-order valence-electron chi connectivity index (χ3n) is 4.96. The van der Waals surface area contributed by atoms with E-state index >= 15 is 0 Å². The molecular formula is C24H23N5O3. The van der Waals surface area contributed by atoms with Crippen LogP contribution >= 0.6 is 0 Å². The summed E-state index contributed by atoms with van der Waals surface area (Å²) in [5.41, 5.74) is 3.04. The summed E-state index contributed by atoms with van der Waals surface area (Å²) in [7, 11) is 3.16. The van der Waals surface area contributed by atoms with E-state index < -0.39 is 6.04 Å². The Kier molecular flexibility index (Phi) is 6.12. The van der Waals surface area contributed by atoms with E-state index in [0.717, 1.165) is 16.7 Å². The average molecular weight is 429 g/mol. The summed E-state index contributed by atoms with van der Waals surface area (Å²) in [6, 6.07) is 21.4. The van der Waals surface area contributed by atoms with Crippen molar-refractivity contribution in [2.24, 2.45) is 0 Å². The molecule has 32 heavy (non-hydrogen) atoms. The van der Waals surface area contributed by atoms with Crippen LogP contribution in [0.25, 0.3) is 11.4 Å². The Hall–Kier alpha value is -4.20. The Labute approximate surface area is 185 Å². The van der Waals surface area contributed by atoms with Gasteiger partial charge in [0, 0.05) is 5.56 Å². The molecule has 0 spiro atoms. The standard InChI is InChI=1S/C24H23N5O3/c1-16-12-13-21(32-3)20(14-16)25-24(30)22(17-8-5-4-6-9-17)29-27-23(26-28-29)18-10-7-11-19(15-18)31-2/h4-15,22H,1-3H3,(H,25,30). The lowest BCUT2D eigenvalue weighted by Crippen LogP contribution is -2.29. The van der Waals surface area contributed by atoms with Gasteiger partial charge in [0.2, 0.25) is 5.82 Å². The van der Waals surface area contributed by atoms with Crippen LogP contribution in [0, 0.1) is 6.92 Å². The first kappa shape index (κ1) is 21.0. The molecule has 1 unspecified atom stereocenters. The summed E-state index contributed by atoms with van der Waals surface area (Å²) in [6.45, 7) is 1.95. The zero-order chi connectivity index (χ0) is 22.5. The zero-order valence-electron chi connectivity index (χ0n) is 18.0. The van der Waals surface area contributed by atoms with Gasteiger partial charge in [-0.1, -0.05) is 48.5 Å². The number of hydrogen-bond donors (Lipinski definition) is 1. The van der Waals surface area contributed by atoms with Gasteiger partial charge >= 0.3 is 0 Å². The van der Waals surface area contributed by atoms with E-state index in [1.165, 1.54) is 4.80 Å². The molecule has 8 nitrogen and oxygen atoms in total. The van der Waals surface area contributed by atoms with Gasteiger partial charge in [0.15, 0.2) is 6.04 Å². The van der Waals surface area contributed by atoms with Crippen LogP contribution in [-0.4, -0.2) is 40.3 Å². The molecule has 1 heterocycles. The van der Waals surface area contributed by atoms with E-state index in [9.17, 15) is 4.79 Å². The fraction of sp³-hybridized carbons (Fsp3) is 0.167. The minimum absolute atomic E-state index is 0.310. The number of benzene rings is 3. The van der Waals surface area contributed by atoms with Gasteiger partial charge in [0.05, 0.1) is 19.9 Å². The van der Waals surface area contributed by atoms with Gasteiger partial charge in [0.1, 0.15) is 11.5 Å². The predicted octanol–water partition coefficient (Wildman–Crippen LogP) is 3.89. The fourth-order valence-corrected chi connectivity index (χ4v) is 3.36. The Bertz CT molecular complexity index is 1220. The molecule has 0 radical (unpaired) electrons. The van der Waals surface area contributed by atoms with Gasteiger partial charge in [-0.25, -0.2) is 0 Å². The highest BCUT2D eigenvalue weighted by Gasteiger charge is 2.27. The van der Waals surface area contributed by atoms with Gasteiger partial charge in [0.25, 0.3) is 5.91 Å². The van der Waals surface area contributed by atoms with Crippen LogP contribution < -0.4 is 14.8 Å². The molecule has 4 rings (SSSR count). The van der Waals surface area contributed by atoms with E-state index in [2.05, 4.69) is 20.7 Å². The maximum atomic E-state index is 13.4. The Morgan fingerprint density at radius 3 is 2.53 bits per heavy atom. The first-order valence-electron chi connectivity index (χ1n) is 10.0. The lowest BCUT2D eigenvalue weighted by Gasteiger charge is -2.17. The monoisotopic (exact) mass is 429 g/mol. The summed E-state index contributed by atoms with van der Waals surface area (Å²) in [5.74, 6) is 1.34. The van der Waals surface area contributed by atoms with Crippen molar-refractivity contribution in [2.75, 3.05) is 19.5 Å². The number of methoxy groups -OCH3 is 2. The van der Waals surface area contributed by atoms with Gasteiger partial charge in [-0.2, -0.15) is 0 Å². The Balaban J connectivity index is 1.70. The number of amides is 1. The smallest absolute Gasteiger partial charge is 0.255 e. The summed E-state index contributed by atoms with van der Waals surface area (Å²) in [5, 5.41) is 15.8. The molecular weight excluding hydrogens is 406 g/mol. The second-order valence-corrected chi connectivity index (χ2v) is 7.17. The molecule has 4 aromatic rings. The van der Waals surface area contributed by atoms with Crippen LogP contribution in [0.5, 0.6) is 11.5 Å². The number of rotatable bonds is 7. The van der Waals surface area contributed by atoms with Gasteiger partial charge in [-0.05, 0) is 47.5 Å². The second kappa shape index (κ2) is 9.30. The minimum atomic E-state index is -0.826. The number of tetrazole rings is 1. The fourth-order valence-electron chi connectivity index (χ4n) is 3.36. The molecule has 8 heteroatoms. The Morgan fingerprint density at radius 1 is 0.969 bits per heavy atom. The molecule has 0 aliphatic rings. The molecule has 0 aliphatic carbocycles. The van der Waals surface area contributed by atoms with Gasteiger partial charge < -0.3 is 14.8 Å². The maximum absolute atomic E-state index is 13.4. The highest BCUT2D eigenvalue weighted by Crippen LogP contribution is 2.28. The lowest BCUT2D eigenvalue weighted by atomic mass is 10.1. The van der Waals surface area contributed by atoms with Crippen molar-refractivity contribution in [3.05, 3.63) is 83.9 Å². The zero-order valence-corrected chi connectivity index (χ0v) is 18.0. The molecule has 162 valence electrons. The third-order valence-corrected chi connectivity index (χ3v) is 4.96. The minimum Gasteiger partial charge on any atom is -0.497 e. The Morgan fingerprint density at radius 2 is 1.78 bits per heavy atom. The molecule has 0 bridgehead atoms. The van der Waals surface area contributed by atoms with Crippen LogP contribution in [0.2, 0.25) is 0 Å². The van der Waals surface area contributed by atoms with E-state index in [1.807, 2.05) is 79.7 Å². The third kappa shape index (κ3) is 4.44. The summed E-state index contributed by atoms with van der Waals surface area (Å²) >= 11 is 0. The highest BCUT2D eigenvalue weighted by molar-refractivity contribution is 5.97. The molecule has 1 N–H and O–H groups in total. The van der Waals surface area contributed by atoms with E-state index in [4.69, 9.17) is 9.47 Å². The van der Waals surface area contributed by atoms with Crippen molar-refractivity contribution >= 4 is 11.6 Å². The van der Waals surface area contributed by atoms with Crippen LogP contribution in [0.3, 0.4) is 0 Å². The average Bonchev–Trinajstić information content (AvgIpc) is 3.30. The van der Waals surface area contributed by atoms with E-state index in [1.54, 1.807) is 14.2 Å². The largest absolute Gasteiger partial charge is 0.497 e. The number of hydrogen-bond acceptors (Lipinski definition) is 6. The predicted molar refractivity (Wildman–Crippen MR) is 121 cm³/mol. The van der Waals surface area contributed by atoms with Crippen molar-refractivity contribution in [1.82, 2.24) is 20.2 Å². The number of nitrogens with one attached hydrogen (secondary N) is 1. The first-order valence-corrected chi connectivity index (χ1v) is 10.0. The van der Waals surface area contributed by atoms with Gasteiger partial charge in [-0.3, -0.25) is 4.79 Å². The number of aromatic nitrogens is 4. The molecule has 0 fully saturated rings. The SMILES string of the molecule is COc1cccc(-c2nnn(C(C(=O)Nc3cc(C)ccc3OC)c3ccccc3)n2)c1. The molecule has 0 aliphatic heterocycles. The van der Waals surface area contributed by atoms with Crippen molar-refractivity contribution in [1.29, 1.82) is 0 Å². The topological polar surface area (TPSA) is 91.2 Å². The second-order valence-electron chi connectivity index (χ2n) is 7.17. The summed E-state index contributed by atoms with van der Waals surface area (Å²) < 4.78 is 10.7.